The predicted octanol–water partition coefficient (Wildman–Crippen LogP) is 3.28. The quantitative estimate of drug-likeness (QED) is 0.862. The van der Waals surface area contributed by atoms with E-state index in [1.165, 1.54) is 11.1 Å². The Bertz CT molecular complexity index is 590. The molecule has 0 saturated heterocycles. The molecule has 18 heavy (non-hydrogen) atoms. The lowest BCUT2D eigenvalue weighted by molar-refractivity contribution is 0.726. The summed E-state index contributed by atoms with van der Waals surface area (Å²) in [7, 11) is 2.13. The van der Waals surface area contributed by atoms with Crippen molar-refractivity contribution in [2.45, 2.75) is 20.3 Å². The van der Waals surface area contributed by atoms with E-state index in [9.17, 15) is 0 Å². The van der Waals surface area contributed by atoms with Gasteiger partial charge in [0, 0.05) is 13.6 Å². The summed E-state index contributed by atoms with van der Waals surface area (Å²) in [4.78, 5) is 6.82. The van der Waals surface area contributed by atoms with Gasteiger partial charge in [-0.15, -0.1) is 11.3 Å². The Kier molecular flexibility index (Phi) is 2.70. The molecule has 2 aromatic rings. The molecule has 2 atom stereocenters. The van der Waals surface area contributed by atoms with Crippen molar-refractivity contribution >= 4 is 32.9 Å². The second kappa shape index (κ2) is 4.12. The molecule has 3 rings (SSSR count). The molecule has 0 amide bonds. The largest absolute Gasteiger partial charge is 0.397 e. The number of fused-ring (bicyclic) bond motifs is 1. The van der Waals surface area contributed by atoms with Crippen LogP contribution in [0.2, 0.25) is 0 Å². The van der Waals surface area contributed by atoms with Crippen LogP contribution in [0.1, 0.15) is 18.4 Å². The van der Waals surface area contributed by atoms with Crippen molar-refractivity contribution < 1.29 is 0 Å². The molecule has 2 unspecified atom stereocenters. The van der Waals surface area contributed by atoms with Gasteiger partial charge in [0.2, 0.25) is 0 Å². The Morgan fingerprint density at radius 2 is 2.22 bits per heavy atom. The molecule has 4 heteroatoms. The maximum absolute atomic E-state index is 6.16. The summed E-state index contributed by atoms with van der Waals surface area (Å²) in [6, 6.07) is 4.18. The Labute approximate surface area is 112 Å². The number of benzene rings is 1. The van der Waals surface area contributed by atoms with Gasteiger partial charge in [0.1, 0.15) is 0 Å². The molecule has 1 aromatic carbocycles. The van der Waals surface area contributed by atoms with E-state index in [0.29, 0.717) is 0 Å². The number of hydrogen-bond donors (Lipinski definition) is 1. The van der Waals surface area contributed by atoms with Gasteiger partial charge >= 0.3 is 0 Å². The molecule has 0 radical (unpaired) electrons. The van der Waals surface area contributed by atoms with E-state index >= 15 is 0 Å². The molecule has 1 fully saturated rings. The average Bonchev–Trinajstić information content (AvgIpc) is 2.85. The normalized spacial score (nSPS) is 22.4. The first kappa shape index (κ1) is 11.8. The summed E-state index contributed by atoms with van der Waals surface area (Å²) in [5.41, 5.74) is 9.21. The van der Waals surface area contributed by atoms with Gasteiger partial charge in [0.15, 0.2) is 0 Å². The van der Waals surface area contributed by atoms with Crippen LogP contribution in [-0.2, 0) is 0 Å². The summed E-state index contributed by atoms with van der Waals surface area (Å²) >= 11 is 1.70. The highest BCUT2D eigenvalue weighted by molar-refractivity contribution is 7.18. The van der Waals surface area contributed by atoms with Gasteiger partial charge < -0.3 is 10.6 Å². The standard InChI is InChI=1S/C14H19N3S/c1-8-4-10(8)7-17(3)13-6-12-14(5-11(13)15)18-9(2)16-12/h5-6,8,10H,4,7,15H2,1-3H3. The summed E-state index contributed by atoms with van der Waals surface area (Å²) in [5.74, 6) is 1.71. The van der Waals surface area contributed by atoms with Crippen molar-refractivity contribution in [2.24, 2.45) is 11.8 Å². The minimum absolute atomic E-state index is 0.835. The summed E-state index contributed by atoms with van der Waals surface area (Å²) in [6.45, 7) is 5.45. The first-order chi connectivity index (χ1) is 8.54. The van der Waals surface area contributed by atoms with E-state index in [4.69, 9.17) is 5.73 Å². The third-order valence-electron chi connectivity index (χ3n) is 3.84. The zero-order chi connectivity index (χ0) is 12.9. The monoisotopic (exact) mass is 261 g/mol. The number of hydrogen-bond acceptors (Lipinski definition) is 4. The van der Waals surface area contributed by atoms with Crippen LogP contribution in [0.3, 0.4) is 0 Å². The lowest BCUT2D eigenvalue weighted by Crippen LogP contribution is -2.21. The van der Waals surface area contributed by atoms with Crippen LogP contribution >= 0.6 is 11.3 Å². The molecule has 1 saturated carbocycles. The van der Waals surface area contributed by atoms with Crippen LogP contribution in [0.4, 0.5) is 11.4 Å². The fraction of sp³-hybridized carbons (Fsp3) is 0.500. The molecule has 0 aliphatic heterocycles. The first-order valence-corrected chi connectivity index (χ1v) is 7.24. The zero-order valence-electron chi connectivity index (χ0n) is 11.1. The Morgan fingerprint density at radius 1 is 1.50 bits per heavy atom. The fourth-order valence-electron chi connectivity index (χ4n) is 2.53. The number of nitrogens with two attached hydrogens (primary N) is 1. The highest BCUT2D eigenvalue weighted by atomic mass is 32.1. The summed E-state index contributed by atoms with van der Waals surface area (Å²) in [5, 5.41) is 1.10. The van der Waals surface area contributed by atoms with Crippen molar-refractivity contribution in [1.29, 1.82) is 0 Å². The van der Waals surface area contributed by atoms with Gasteiger partial charge in [-0.1, -0.05) is 6.92 Å². The number of rotatable bonds is 3. The molecular formula is C14H19N3S. The number of nitrogens with zero attached hydrogens (tertiary/aromatic N) is 2. The zero-order valence-corrected chi connectivity index (χ0v) is 11.9. The van der Waals surface area contributed by atoms with E-state index in [-0.39, 0.29) is 0 Å². The smallest absolute Gasteiger partial charge is 0.0907 e. The van der Waals surface area contributed by atoms with Crippen LogP contribution < -0.4 is 10.6 Å². The van der Waals surface area contributed by atoms with Gasteiger partial charge in [-0.25, -0.2) is 4.98 Å². The Hall–Kier alpha value is -1.29. The van der Waals surface area contributed by atoms with Crippen molar-refractivity contribution in [3.05, 3.63) is 17.1 Å². The SMILES string of the molecule is Cc1nc2cc(N(C)CC3CC3C)c(N)cc2s1. The van der Waals surface area contributed by atoms with Crippen LogP contribution in [0.25, 0.3) is 10.2 Å². The Morgan fingerprint density at radius 3 is 2.89 bits per heavy atom. The molecule has 1 heterocycles. The van der Waals surface area contributed by atoms with Crippen molar-refractivity contribution in [1.82, 2.24) is 4.98 Å². The van der Waals surface area contributed by atoms with Crippen LogP contribution in [-0.4, -0.2) is 18.6 Å². The fourth-order valence-corrected chi connectivity index (χ4v) is 3.39. The molecule has 0 spiro atoms. The van der Waals surface area contributed by atoms with Crippen LogP contribution in [0.15, 0.2) is 12.1 Å². The van der Waals surface area contributed by atoms with E-state index in [2.05, 4.69) is 36.0 Å². The summed E-state index contributed by atoms with van der Waals surface area (Å²) in [6.07, 6.45) is 1.35. The maximum atomic E-state index is 6.16. The van der Waals surface area contributed by atoms with E-state index in [1.54, 1.807) is 11.3 Å². The Balaban J connectivity index is 1.92. The van der Waals surface area contributed by atoms with Gasteiger partial charge in [-0.2, -0.15) is 0 Å². The molecule has 1 aliphatic carbocycles. The minimum atomic E-state index is 0.835. The second-order valence-electron chi connectivity index (χ2n) is 5.47. The number of anilines is 2. The third kappa shape index (κ3) is 2.05. The number of aryl methyl sites for hydroxylation is 1. The number of nitrogen functional groups attached to an aromatic ring is 1. The van der Waals surface area contributed by atoms with Crippen molar-refractivity contribution in [3.63, 3.8) is 0 Å². The van der Waals surface area contributed by atoms with E-state index in [1.807, 2.05) is 6.92 Å². The van der Waals surface area contributed by atoms with Gasteiger partial charge in [0.05, 0.1) is 26.6 Å². The minimum Gasteiger partial charge on any atom is -0.397 e. The topological polar surface area (TPSA) is 42.2 Å². The first-order valence-electron chi connectivity index (χ1n) is 6.42. The van der Waals surface area contributed by atoms with Gasteiger partial charge in [0.25, 0.3) is 0 Å². The molecule has 96 valence electrons. The van der Waals surface area contributed by atoms with Crippen LogP contribution in [0.5, 0.6) is 0 Å². The van der Waals surface area contributed by atoms with Gasteiger partial charge in [-0.05, 0) is 37.3 Å². The maximum Gasteiger partial charge on any atom is 0.0907 e. The highest BCUT2D eigenvalue weighted by Crippen LogP contribution is 2.40. The van der Waals surface area contributed by atoms with Gasteiger partial charge in [-0.3, -0.25) is 0 Å². The third-order valence-corrected chi connectivity index (χ3v) is 4.77. The molecule has 0 bridgehead atoms. The van der Waals surface area contributed by atoms with Crippen LogP contribution in [0, 0.1) is 18.8 Å². The molecular weight excluding hydrogens is 242 g/mol. The highest BCUT2D eigenvalue weighted by Gasteiger charge is 2.33. The molecule has 2 N–H and O–H groups in total. The number of thiazole rings is 1. The predicted molar refractivity (Wildman–Crippen MR) is 79.3 cm³/mol. The summed E-state index contributed by atoms with van der Waals surface area (Å²) < 4.78 is 1.18. The van der Waals surface area contributed by atoms with Crippen molar-refractivity contribution in [2.75, 3.05) is 24.2 Å². The van der Waals surface area contributed by atoms with Crippen molar-refractivity contribution in [3.8, 4) is 0 Å². The molecule has 1 aromatic heterocycles. The average molecular weight is 261 g/mol. The molecule has 3 nitrogen and oxygen atoms in total. The molecule has 1 aliphatic rings. The lowest BCUT2D eigenvalue weighted by Gasteiger charge is -2.21. The number of aromatic nitrogens is 1. The lowest BCUT2D eigenvalue weighted by atomic mass is 10.2. The van der Waals surface area contributed by atoms with E-state index < -0.39 is 0 Å². The van der Waals surface area contributed by atoms with E-state index in [0.717, 1.165) is 40.3 Å². The second-order valence-corrected chi connectivity index (χ2v) is 6.70.